The second kappa shape index (κ2) is 32.5. The first-order chi connectivity index (χ1) is 21.3. The number of aliphatic hydroxyl groups is 2. The number of allylic oxidation sites excluding steroid dienone is 5. The maximum absolute atomic E-state index is 11.9. The summed E-state index contributed by atoms with van der Waals surface area (Å²) < 4.78 is 10.3. The summed E-state index contributed by atoms with van der Waals surface area (Å²) in [4.78, 5) is 23.9. The third kappa shape index (κ3) is 33.0. The van der Waals surface area contributed by atoms with Crippen LogP contribution in [0.5, 0.6) is 0 Å². The molecule has 0 bridgehead atoms. The Hall–Kier alpha value is -1.92. The molecule has 2 atom stereocenters. The van der Waals surface area contributed by atoms with Crippen LogP contribution in [0.15, 0.2) is 36.5 Å². The fourth-order valence-electron chi connectivity index (χ4n) is 4.92. The van der Waals surface area contributed by atoms with Gasteiger partial charge in [0.25, 0.3) is 0 Å². The van der Waals surface area contributed by atoms with Gasteiger partial charge in [0.15, 0.2) is 0 Å². The van der Waals surface area contributed by atoms with Gasteiger partial charge in [-0.3, -0.25) is 9.59 Å². The molecule has 0 aromatic heterocycles. The molecular weight excluding hydrogens is 552 g/mol. The molecule has 0 saturated carbocycles. The van der Waals surface area contributed by atoms with Crippen LogP contribution in [0.4, 0.5) is 0 Å². The van der Waals surface area contributed by atoms with Gasteiger partial charge in [0.05, 0.1) is 6.10 Å². The van der Waals surface area contributed by atoms with Crippen LogP contribution in [0.2, 0.25) is 0 Å². The molecular formula is C38H68O6. The Morgan fingerprint density at radius 1 is 0.591 bits per heavy atom. The quantitative estimate of drug-likeness (QED) is 0.0347. The highest BCUT2D eigenvalue weighted by Crippen LogP contribution is 2.14. The number of unbranched alkanes of at least 4 members (excludes halogenated alkanes) is 14. The van der Waals surface area contributed by atoms with Crippen molar-refractivity contribution in [2.45, 2.75) is 174 Å². The molecule has 0 spiro atoms. The third-order valence-electron chi connectivity index (χ3n) is 7.67. The minimum atomic E-state index is -0.994. The molecule has 0 rings (SSSR count). The van der Waals surface area contributed by atoms with Crippen molar-refractivity contribution >= 4 is 11.9 Å². The number of hydrogen-bond acceptors (Lipinski definition) is 6. The molecule has 0 aliphatic rings. The lowest BCUT2D eigenvalue weighted by Crippen LogP contribution is -2.25. The summed E-state index contributed by atoms with van der Waals surface area (Å²) in [5, 5.41) is 20.0. The van der Waals surface area contributed by atoms with Gasteiger partial charge in [-0.25, -0.2) is 0 Å². The topological polar surface area (TPSA) is 93.1 Å². The lowest BCUT2D eigenvalue weighted by molar-refractivity contribution is -0.152. The highest BCUT2D eigenvalue weighted by molar-refractivity contribution is 5.69. The first-order valence-electron chi connectivity index (χ1n) is 18.0. The number of esters is 2. The lowest BCUT2D eigenvalue weighted by Gasteiger charge is -2.12. The first-order valence-corrected chi connectivity index (χ1v) is 18.0. The summed E-state index contributed by atoms with van der Waals surface area (Å²) in [6.45, 7) is 6.41. The molecule has 44 heavy (non-hydrogen) atoms. The van der Waals surface area contributed by atoms with Crippen molar-refractivity contribution in [3.8, 4) is 0 Å². The highest BCUT2D eigenvalue weighted by atomic mass is 16.6. The molecule has 0 aliphatic carbocycles. The summed E-state index contributed by atoms with van der Waals surface area (Å²) >= 11 is 0. The first kappa shape index (κ1) is 42.1. The van der Waals surface area contributed by atoms with Crippen LogP contribution in [0, 0.1) is 5.92 Å². The molecule has 0 amide bonds. The summed E-state index contributed by atoms with van der Waals surface area (Å²) in [7, 11) is 0. The predicted octanol–water partition coefficient (Wildman–Crippen LogP) is 9.72. The molecule has 2 N–H and O–H groups in total. The Morgan fingerprint density at radius 3 is 1.52 bits per heavy atom. The van der Waals surface area contributed by atoms with Gasteiger partial charge < -0.3 is 19.7 Å². The summed E-state index contributed by atoms with van der Waals surface area (Å²) in [6.07, 6.45) is 33.6. The van der Waals surface area contributed by atoms with Crippen LogP contribution in [0.3, 0.4) is 0 Å². The van der Waals surface area contributed by atoms with E-state index in [0.717, 1.165) is 76.5 Å². The van der Waals surface area contributed by atoms with Gasteiger partial charge in [-0.05, 0) is 38.0 Å². The van der Waals surface area contributed by atoms with E-state index in [1.165, 1.54) is 57.8 Å². The average Bonchev–Trinajstić information content (AvgIpc) is 3.00. The van der Waals surface area contributed by atoms with E-state index in [-0.39, 0.29) is 25.2 Å². The van der Waals surface area contributed by atoms with Crippen molar-refractivity contribution in [3.63, 3.8) is 0 Å². The Morgan fingerprint density at radius 2 is 1.05 bits per heavy atom. The SMILES string of the molecule is CC/C=C/C/C=C/C=C/C(O)CCCCCCCC(=O)OC[C@H](O)COC(=O)CCCCCCCCCCCCCC(C)C. The fraction of sp³-hybridized carbons (Fsp3) is 0.789. The molecule has 0 radical (unpaired) electrons. The van der Waals surface area contributed by atoms with E-state index in [9.17, 15) is 19.8 Å². The molecule has 0 aromatic carbocycles. The summed E-state index contributed by atoms with van der Waals surface area (Å²) in [6, 6.07) is 0. The monoisotopic (exact) mass is 621 g/mol. The minimum absolute atomic E-state index is 0.142. The maximum atomic E-state index is 11.9. The summed E-state index contributed by atoms with van der Waals surface area (Å²) in [5.41, 5.74) is 0. The van der Waals surface area contributed by atoms with Crippen molar-refractivity contribution in [1.29, 1.82) is 0 Å². The third-order valence-corrected chi connectivity index (χ3v) is 7.67. The minimum Gasteiger partial charge on any atom is -0.463 e. The highest BCUT2D eigenvalue weighted by Gasteiger charge is 2.12. The fourth-order valence-corrected chi connectivity index (χ4v) is 4.92. The van der Waals surface area contributed by atoms with Crippen LogP contribution in [-0.4, -0.2) is 47.6 Å². The van der Waals surface area contributed by atoms with Crippen molar-refractivity contribution in [2.24, 2.45) is 5.92 Å². The zero-order valence-electron chi connectivity index (χ0n) is 28.7. The van der Waals surface area contributed by atoms with E-state index >= 15 is 0 Å². The van der Waals surface area contributed by atoms with E-state index < -0.39 is 12.2 Å². The average molecular weight is 621 g/mol. The Labute approximate surface area is 270 Å². The van der Waals surface area contributed by atoms with Gasteiger partial charge in [-0.1, -0.05) is 154 Å². The van der Waals surface area contributed by atoms with Gasteiger partial charge in [0.2, 0.25) is 0 Å². The number of rotatable bonds is 31. The smallest absolute Gasteiger partial charge is 0.305 e. The summed E-state index contributed by atoms with van der Waals surface area (Å²) in [5.74, 6) is 0.189. The molecule has 0 saturated heterocycles. The maximum Gasteiger partial charge on any atom is 0.305 e. The van der Waals surface area contributed by atoms with Gasteiger partial charge >= 0.3 is 11.9 Å². The molecule has 0 aromatic rings. The number of hydrogen-bond donors (Lipinski definition) is 2. The van der Waals surface area contributed by atoms with Crippen LogP contribution in [0.25, 0.3) is 0 Å². The van der Waals surface area contributed by atoms with Crippen molar-refractivity contribution < 1.29 is 29.3 Å². The Balaban J connectivity index is 3.54. The van der Waals surface area contributed by atoms with Crippen molar-refractivity contribution in [3.05, 3.63) is 36.5 Å². The second-order valence-corrected chi connectivity index (χ2v) is 12.6. The molecule has 0 aliphatic heterocycles. The van der Waals surface area contributed by atoms with Crippen LogP contribution >= 0.6 is 0 Å². The molecule has 0 fully saturated rings. The van der Waals surface area contributed by atoms with E-state index in [2.05, 4.69) is 39.0 Å². The second-order valence-electron chi connectivity index (χ2n) is 12.6. The van der Waals surface area contributed by atoms with Crippen molar-refractivity contribution in [2.75, 3.05) is 13.2 Å². The van der Waals surface area contributed by atoms with Gasteiger partial charge in [0, 0.05) is 12.8 Å². The number of carbonyl (C=O) groups is 2. The Bertz CT molecular complexity index is 742. The number of ether oxygens (including phenoxy) is 2. The molecule has 256 valence electrons. The molecule has 6 heteroatoms. The van der Waals surface area contributed by atoms with Crippen molar-refractivity contribution in [1.82, 2.24) is 0 Å². The van der Waals surface area contributed by atoms with E-state index in [1.54, 1.807) is 0 Å². The van der Waals surface area contributed by atoms with Crippen LogP contribution < -0.4 is 0 Å². The Kier molecular flexibility index (Phi) is 31.1. The van der Waals surface area contributed by atoms with E-state index in [4.69, 9.17) is 9.47 Å². The lowest BCUT2D eigenvalue weighted by atomic mass is 10.0. The molecule has 0 heterocycles. The predicted molar refractivity (Wildman–Crippen MR) is 183 cm³/mol. The normalized spacial score (nSPS) is 13.4. The zero-order chi connectivity index (χ0) is 32.5. The molecule has 1 unspecified atom stereocenters. The van der Waals surface area contributed by atoms with E-state index in [0.29, 0.717) is 12.8 Å². The number of carbonyl (C=O) groups excluding carboxylic acids is 2. The standard InChI is InChI=1S/C38H68O6/c1-4-5-6-7-13-18-23-28-35(39)29-24-19-16-21-26-31-38(42)44-33-36(40)32-43-37(41)30-25-20-15-12-10-8-9-11-14-17-22-27-34(2)3/h5-6,13,18,23,28,34-36,39-40H,4,7-12,14-17,19-22,24-27,29-33H2,1-3H3/b6-5+,18-13+,28-23+/t35?,36-/m1/s1. The number of aliphatic hydroxyl groups excluding tert-OH is 2. The largest absolute Gasteiger partial charge is 0.463 e. The van der Waals surface area contributed by atoms with E-state index in [1.807, 2.05) is 18.2 Å². The van der Waals surface area contributed by atoms with Gasteiger partial charge in [0.1, 0.15) is 19.3 Å². The zero-order valence-corrected chi connectivity index (χ0v) is 28.7. The van der Waals surface area contributed by atoms with Crippen LogP contribution in [-0.2, 0) is 19.1 Å². The van der Waals surface area contributed by atoms with Crippen LogP contribution in [0.1, 0.15) is 162 Å². The van der Waals surface area contributed by atoms with Gasteiger partial charge in [-0.15, -0.1) is 0 Å². The molecule has 6 nitrogen and oxygen atoms in total. The van der Waals surface area contributed by atoms with Gasteiger partial charge in [-0.2, -0.15) is 0 Å².